The minimum absolute atomic E-state index is 0.551. The summed E-state index contributed by atoms with van der Waals surface area (Å²) >= 11 is 0. The molecule has 0 radical (unpaired) electrons. The van der Waals surface area contributed by atoms with E-state index >= 15 is 0 Å². The van der Waals surface area contributed by atoms with Gasteiger partial charge in [-0.25, -0.2) is 4.98 Å². The van der Waals surface area contributed by atoms with E-state index in [0.29, 0.717) is 6.54 Å². The summed E-state index contributed by atoms with van der Waals surface area (Å²) in [5, 5.41) is 8.01. The minimum atomic E-state index is 0.551. The Morgan fingerprint density at radius 3 is 3.00 bits per heavy atom. The fraction of sp³-hybridized carbons (Fsp3) is 0.214. The molecule has 2 heterocycles. The van der Waals surface area contributed by atoms with Crippen molar-refractivity contribution in [3.8, 4) is 0 Å². The molecule has 1 aromatic carbocycles. The van der Waals surface area contributed by atoms with Crippen molar-refractivity contribution in [1.29, 1.82) is 0 Å². The van der Waals surface area contributed by atoms with Gasteiger partial charge in [-0.1, -0.05) is 24.3 Å². The summed E-state index contributed by atoms with van der Waals surface area (Å²) in [6.07, 6.45) is 5.25. The third-order valence-corrected chi connectivity index (χ3v) is 3.21. The second-order valence-corrected chi connectivity index (χ2v) is 4.69. The average molecular weight is 268 g/mol. The lowest BCUT2D eigenvalue weighted by atomic mass is 10.1. The largest absolute Gasteiger partial charge is 0.352 e. The molecule has 0 amide bonds. The highest BCUT2D eigenvalue weighted by atomic mass is 15.3. The van der Waals surface area contributed by atoms with Crippen molar-refractivity contribution in [1.82, 2.24) is 19.6 Å². The van der Waals surface area contributed by atoms with Crippen LogP contribution in [0.3, 0.4) is 0 Å². The van der Waals surface area contributed by atoms with Crippen LogP contribution in [0, 0.1) is 0 Å². The van der Waals surface area contributed by atoms with Gasteiger partial charge in [-0.3, -0.25) is 4.40 Å². The summed E-state index contributed by atoms with van der Waals surface area (Å²) in [4.78, 5) is 6.45. The smallest absolute Gasteiger partial charge is 0.203 e. The molecule has 6 nitrogen and oxygen atoms in total. The number of hydrogen-bond donors (Lipinski definition) is 1. The summed E-state index contributed by atoms with van der Waals surface area (Å²) in [7, 11) is 1.99. The summed E-state index contributed by atoms with van der Waals surface area (Å²) in [5.41, 5.74) is 8.75. The van der Waals surface area contributed by atoms with Crippen molar-refractivity contribution in [2.75, 3.05) is 11.9 Å². The van der Waals surface area contributed by atoms with Crippen LogP contribution in [-0.2, 0) is 13.1 Å². The lowest BCUT2D eigenvalue weighted by Crippen LogP contribution is -2.19. The molecular formula is C14H16N6. The van der Waals surface area contributed by atoms with Crippen molar-refractivity contribution < 1.29 is 0 Å². The third kappa shape index (κ3) is 2.33. The van der Waals surface area contributed by atoms with Gasteiger partial charge in [0.25, 0.3) is 0 Å². The molecule has 3 aromatic rings. The Hall–Kier alpha value is -2.47. The monoisotopic (exact) mass is 268 g/mol. The molecule has 0 fully saturated rings. The number of fused-ring (bicyclic) bond motifs is 1. The van der Waals surface area contributed by atoms with E-state index in [1.54, 1.807) is 12.5 Å². The molecule has 3 rings (SSSR count). The second-order valence-electron chi connectivity index (χ2n) is 4.69. The maximum absolute atomic E-state index is 5.67. The number of rotatable bonds is 4. The highest BCUT2D eigenvalue weighted by molar-refractivity contribution is 5.62. The van der Waals surface area contributed by atoms with Gasteiger partial charge in [0, 0.05) is 32.5 Å². The Labute approximate surface area is 116 Å². The summed E-state index contributed by atoms with van der Waals surface area (Å²) in [6, 6.07) is 8.25. The quantitative estimate of drug-likeness (QED) is 0.770. The Kier molecular flexibility index (Phi) is 3.30. The van der Waals surface area contributed by atoms with Crippen LogP contribution in [0.25, 0.3) is 5.65 Å². The third-order valence-electron chi connectivity index (χ3n) is 3.21. The van der Waals surface area contributed by atoms with Gasteiger partial charge >= 0.3 is 0 Å². The molecule has 20 heavy (non-hydrogen) atoms. The number of hydrogen-bond acceptors (Lipinski definition) is 5. The molecule has 0 saturated carbocycles. The molecule has 0 aliphatic heterocycles. The van der Waals surface area contributed by atoms with E-state index in [0.717, 1.165) is 23.6 Å². The van der Waals surface area contributed by atoms with Gasteiger partial charge in [-0.05, 0) is 11.1 Å². The van der Waals surface area contributed by atoms with Gasteiger partial charge in [-0.2, -0.15) is 0 Å². The molecule has 102 valence electrons. The Bertz CT molecular complexity index is 720. The van der Waals surface area contributed by atoms with Crippen LogP contribution < -0.4 is 10.6 Å². The van der Waals surface area contributed by atoms with E-state index in [-0.39, 0.29) is 0 Å². The summed E-state index contributed by atoms with van der Waals surface area (Å²) in [5.74, 6) is 0.808. The Morgan fingerprint density at radius 1 is 1.30 bits per heavy atom. The predicted octanol–water partition coefficient (Wildman–Crippen LogP) is 1.22. The van der Waals surface area contributed by atoms with Crippen molar-refractivity contribution >= 4 is 11.5 Å². The Morgan fingerprint density at radius 2 is 2.15 bits per heavy atom. The van der Waals surface area contributed by atoms with Crippen LogP contribution >= 0.6 is 0 Å². The van der Waals surface area contributed by atoms with Gasteiger partial charge in [0.05, 0.1) is 0 Å². The number of nitrogens with zero attached hydrogens (tertiary/aromatic N) is 5. The molecule has 2 N–H and O–H groups in total. The zero-order valence-electron chi connectivity index (χ0n) is 11.3. The van der Waals surface area contributed by atoms with Crippen molar-refractivity contribution in [3.05, 3.63) is 54.1 Å². The van der Waals surface area contributed by atoms with E-state index in [4.69, 9.17) is 5.73 Å². The number of benzene rings is 1. The Balaban J connectivity index is 1.88. The van der Waals surface area contributed by atoms with E-state index < -0.39 is 0 Å². The number of anilines is 1. The zero-order chi connectivity index (χ0) is 13.9. The molecule has 0 spiro atoms. The normalized spacial score (nSPS) is 10.9. The molecule has 2 aromatic heterocycles. The molecule has 0 aliphatic carbocycles. The zero-order valence-corrected chi connectivity index (χ0v) is 11.3. The van der Waals surface area contributed by atoms with Gasteiger partial charge in [-0.15, -0.1) is 10.2 Å². The first-order chi connectivity index (χ1) is 9.78. The first-order valence-electron chi connectivity index (χ1n) is 6.41. The van der Waals surface area contributed by atoms with Crippen LogP contribution in [0.4, 0.5) is 5.82 Å². The SMILES string of the molecule is CN(Cc1cccc(CN)c1)c1nccn2cnnc12. The van der Waals surface area contributed by atoms with Crippen molar-refractivity contribution in [2.45, 2.75) is 13.1 Å². The van der Waals surface area contributed by atoms with Gasteiger partial charge in [0.1, 0.15) is 6.33 Å². The van der Waals surface area contributed by atoms with Crippen LogP contribution in [0.5, 0.6) is 0 Å². The molecule has 0 aliphatic rings. The van der Waals surface area contributed by atoms with E-state index in [1.807, 2.05) is 29.8 Å². The highest BCUT2D eigenvalue weighted by Crippen LogP contribution is 2.17. The topological polar surface area (TPSA) is 72.3 Å². The minimum Gasteiger partial charge on any atom is -0.352 e. The predicted molar refractivity (Wildman–Crippen MR) is 77.2 cm³/mol. The van der Waals surface area contributed by atoms with Gasteiger partial charge in [0.15, 0.2) is 5.82 Å². The van der Waals surface area contributed by atoms with Crippen LogP contribution in [-0.4, -0.2) is 26.6 Å². The number of aromatic nitrogens is 4. The standard InChI is InChI=1S/C14H16N6/c1-19(9-12-4-2-3-11(7-12)8-15)13-14-18-17-10-20(14)6-5-16-13/h2-7,10H,8-9,15H2,1H3. The van der Waals surface area contributed by atoms with E-state index in [9.17, 15) is 0 Å². The molecule has 0 saturated heterocycles. The van der Waals surface area contributed by atoms with Gasteiger partial charge < -0.3 is 10.6 Å². The number of nitrogens with two attached hydrogens (primary N) is 1. The fourth-order valence-electron chi connectivity index (χ4n) is 2.22. The maximum atomic E-state index is 5.67. The first kappa shape index (κ1) is 12.6. The molecular weight excluding hydrogens is 252 g/mol. The van der Waals surface area contributed by atoms with Crippen molar-refractivity contribution in [2.24, 2.45) is 5.73 Å². The van der Waals surface area contributed by atoms with Crippen LogP contribution in [0.2, 0.25) is 0 Å². The highest BCUT2D eigenvalue weighted by Gasteiger charge is 2.10. The molecule has 0 unspecified atom stereocenters. The van der Waals surface area contributed by atoms with Crippen LogP contribution in [0.15, 0.2) is 43.0 Å². The lowest BCUT2D eigenvalue weighted by Gasteiger charge is -2.18. The van der Waals surface area contributed by atoms with Gasteiger partial charge in [0.2, 0.25) is 5.65 Å². The molecule has 0 atom stereocenters. The fourth-order valence-corrected chi connectivity index (χ4v) is 2.22. The van der Waals surface area contributed by atoms with Crippen LogP contribution in [0.1, 0.15) is 11.1 Å². The maximum Gasteiger partial charge on any atom is 0.203 e. The lowest BCUT2D eigenvalue weighted by molar-refractivity contribution is 0.887. The molecule has 6 heteroatoms. The van der Waals surface area contributed by atoms with E-state index in [2.05, 4.69) is 32.2 Å². The second kappa shape index (κ2) is 5.26. The molecule has 0 bridgehead atoms. The summed E-state index contributed by atoms with van der Waals surface area (Å²) in [6.45, 7) is 1.29. The van der Waals surface area contributed by atoms with Crippen molar-refractivity contribution in [3.63, 3.8) is 0 Å². The first-order valence-corrected chi connectivity index (χ1v) is 6.41. The average Bonchev–Trinajstić information content (AvgIpc) is 2.95. The van der Waals surface area contributed by atoms with E-state index in [1.165, 1.54) is 5.56 Å². The summed E-state index contributed by atoms with van der Waals surface area (Å²) < 4.78 is 1.86.